The van der Waals surface area contributed by atoms with Gasteiger partial charge in [0.1, 0.15) is 5.52 Å². The molecule has 0 saturated heterocycles. The van der Waals surface area contributed by atoms with Crippen LogP contribution in [-0.4, -0.2) is 30.8 Å². The van der Waals surface area contributed by atoms with E-state index in [9.17, 15) is 0 Å². The van der Waals surface area contributed by atoms with Gasteiger partial charge in [-0.25, -0.2) is 10.3 Å². The average molecular weight is 323 g/mol. The predicted molar refractivity (Wildman–Crippen MR) is 92.4 cm³/mol. The molecule has 122 valence electrons. The highest BCUT2D eigenvalue weighted by molar-refractivity contribution is 5.88. The highest BCUT2D eigenvalue weighted by Gasteiger charge is 2.21. The molecule has 1 aliphatic heterocycles. The molecule has 4 N–H and O–H groups in total. The van der Waals surface area contributed by atoms with Gasteiger partial charge in [0.25, 0.3) is 0 Å². The molecule has 1 atom stereocenters. The summed E-state index contributed by atoms with van der Waals surface area (Å²) in [6.07, 6.45) is 1.08. The highest BCUT2D eigenvalue weighted by Crippen LogP contribution is 2.17. The second-order valence-electron chi connectivity index (χ2n) is 5.93. The number of fused-ring (bicyclic) bond motifs is 1. The van der Waals surface area contributed by atoms with Crippen molar-refractivity contribution >= 4 is 23.1 Å². The molecule has 0 spiro atoms. The number of oxazole rings is 1. The quantitative estimate of drug-likeness (QED) is 0.514. The van der Waals surface area contributed by atoms with Crippen LogP contribution in [0.1, 0.15) is 5.56 Å². The lowest BCUT2D eigenvalue weighted by atomic mass is 10.1. The number of nitrogens with zero attached hydrogens (tertiary/aromatic N) is 1. The first-order valence-electron chi connectivity index (χ1n) is 8.21. The zero-order valence-electron chi connectivity index (χ0n) is 13.4. The van der Waals surface area contributed by atoms with Crippen LogP contribution in [0.25, 0.3) is 11.1 Å². The Morgan fingerprint density at radius 2 is 1.96 bits per heavy atom. The fourth-order valence-corrected chi connectivity index (χ4v) is 2.82. The summed E-state index contributed by atoms with van der Waals surface area (Å²) in [5, 5.41) is 6.52. The molecular formula is C18H21N5O+2. The minimum absolute atomic E-state index is 0.499. The number of aromatic nitrogens is 1. The Balaban J connectivity index is 1.33. The Morgan fingerprint density at radius 1 is 1.12 bits per heavy atom. The van der Waals surface area contributed by atoms with Gasteiger partial charge < -0.3 is 4.42 Å². The van der Waals surface area contributed by atoms with E-state index in [4.69, 9.17) is 4.42 Å². The van der Waals surface area contributed by atoms with Gasteiger partial charge in [-0.3, -0.25) is 4.90 Å². The first kappa shape index (κ1) is 14.7. The maximum atomic E-state index is 5.67. The smallest absolute Gasteiger partial charge is 0.365 e. The van der Waals surface area contributed by atoms with Crippen LogP contribution < -0.4 is 20.5 Å². The van der Waals surface area contributed by atoms with E-state index in [1.165, 1.54) is 10.5 Å². The molecule has 2 heterocycles. The summed E-state index contributed by atoms with van der Waals surface area (Å²) in [4.78, 5) is 9.23. The molecule has 24 heavy (non-hydrogen) atoms. The van der Waals surface area contributed by atoms with Crippen molar-refractivity contribution in [3.63, 3.8) is 0 Å². The number of rotatable bonds is 4. The van der Waals surface area contributed by atoms with Gasteiger partial charge in [-0.05, 0) is 17.7 Å². The molecule has 0 radical (unpaired) electrons. The van der Waals surface area contributed by atoms with Crippen molar-refractivity contribution < 1.29 is 14.3 Å². The summed E-state index contributed by atoms with van der Waals surface area (Å²) in [7, 11) is 0. The van der Waals surface area contributed by atoms with E-state index in [-0.39, 0.29) is 0 Å². The van der Waals surface area contributed by atoms with Crippen molar-refractivity contribution in [3.8, 4) is 0 Å². The van der Waals surface area contributed by atoms with E-state index >= 15 is 0 Å². The largest absolute Gasteiger partial charge is 0.412 e. The van der Waals surface area contributed by atoms with Gasteiger partial charge in [-0.15, -0.1) is 0 Å². The van der Waals surface area contributed by atoms with Crippen molar-refractivity contribution in [2.45, 2.75) is 6.42 Å². The molecule has 0 aliphatic carbocycles. The van der Waals surface area contributed by atoms with Crippen molar-refractivity contribution in [3.05, 3.63) is 60.2 Å². The lowest BCUT2D eigenvalue weighted by molar-refractivity contribution is -0.980. The number of para-hydroxylation sites is 2. The number of guanidine groups is 1. The molecule has 1 aliphatic rings. The molecule has 1 unspecified atom stereocenters. The van der Waals surface area contributed by atoms with Crippen LogP contribution in [0.2, 0.25) is 0 Å². The van der Waals surface area contributed by atoms with E-state index in [2.05, 4.69) is 50.9 Å². The van der Waals surface area contributed by atoms with Gasteiger partial charge in [0, 0.05) is 6.42 Å². The third-order valence-corrected chi connectivity index (χ3v) is 4.17. The van der Waals surface area contributed by atoms with Crippen molar-refractivity contribution in [1.29, 1.82) is 0 Å². The van der Waals surface area contributed by atoms with Gasteiger partial charge >= 0.3 is 12.0 Å². The summed E-state index contributed by atoms with van der Waals surface area (Å²) in [5.74, 6) is 0.838. The molecular weight excluding hydrogens is 302 g/mol. The third-order valence-electron chi connectivity index (χ3n) is 4.17. The van der Waals surface area contributed by atoms with Gasteiger partial charge in [0.05, 0.1) is 6.54 Å². The van der Waals surface area contributed by atoms with Crippen LogP contribution in [0.3, 0.4) is 0 Å². The minimum Gasteiger partial charge on any atom is -0.412 e. The first-order valence-corrected chi connectivity index (χ1v) is 8.21. The Morgan fingerprint density at radius 3 is 2.75 bits per heavy atom. The summed E-state index contributed by atoms with van der Waals surface area (Å²) >= 11 is 0. The minimum atomic E-state index is 0.499. The molecule has 1 aromatic heterocycles. The van der Waals surface area contributed by atoms with Crippen LogP contribution >= 0.6 is 0 Å². The standard InChI is InChI=1S/C18H19N5O/c1-2-6-14(7-3-1)10-11-23-12-19-17(20-13-23)22-18-21-15-8-4-5-9-16(15)24-18/h1-9H,10-13H2,(H2,19,20,21,22)/p+2. The van der Waals surface area contributed by atoms with Gasteiger partial charge in [-0.1, -0.05) is 42.5 Å². The second kappa shape index (κ2) is 6.72. The average Bonchev–Trinajstić information content (AvgIpc) is 3.04. The van der Waals surface area contributed by atoms with Crippen LogP contribution in [0.4, 0.5) is 6.01 Å². The van der Waals surface area contributed by atoms with Crippen LogP contribution in [-0.2, 0) is 6.42 Å². The van der Waals surface area contributed by atoms with E-state index in [0.29, 0.717) is 6.01 Å². The molecule has 6 heteroatoms. The molecule has 2 aromatic carbocycles. The number of quaternary nitrogens is 1. The number of benzene rings is 2. The highest BCUT2D eigenvalue weighted by atomic mass is 16.4. The summed E-state index contributed by atoms with van der Waals surface area (Å²) in [6.45, 7) is 2.81. The SMILES string of the molecule is c1ccc(CC[NH+]2CNC(Nc3nc4ccccc4o3)=[NH+]C2)cc1. The van der Waals surface area contributed by atoms with E-state index < -0.39 is 0 Å². The molecule has 3 aromatic rings. The van der Waals surface area contributed by atoms with E-state index in [1.54, 1.807) is 0 Å². The van der Waals surface area contributed by atoms with E-state index in [1.807, 2.05) is 24.3 Å². The van der Waals surface area contributed by atoms with Crippen molar-refractivity contribution in [2.75, 3.05) is 25.2 Å². The Labute approximate surface area is 140 Å². The molecule has 0 amide bonds. The number of hydrogen-bond donors (Lipinski definition) is 4. The van der Waals surface area contributed by atoms with Gasteiger partial charge in [-0.2, -0.15) is 10.3 Å². The van der Waals surface area contributed by atoms with Crippen molar-refractivity contribution in [2.24, 2.45) is 0 Å². The lowest BCUT2D eigenvalue weighted by Crippen LogP contribution is -3.24. The third kappa shape index (κ3) is 3.38. The monoisotopic (exact) mass is 323 g/mol. The lowest BCUT2D eigenvalue weighted by Gasteiger charge is -2.20. The maximum Gasteiger partial charge on any atom is 0.365 e. The molecule has 0 saturated carbocycles. The summed E-state index contributed by atoms with van der Waals surface area (Å²) in [5.41, 5.74) is 3.02. The molecule has 0 fully saturated rings. The molecule has 6 nitrogen and oxygen atoms in total. The fraction of sp³-hybridized carbons (Fsp3) is 0.222. The summed E-state index contributed by atoms with van der Waals surface area (Å²) < 4.78 is 5.67. The Hall–Kier alpha value is -2.86. The van der Waals surface area contributed by atoms with Gasteiger partial charge in [0.2, 0.25) is 0 Å². The number of nitrogens with one attached hydrogen (secondary N) is 4. The molecule has 4 rings (SSSR count). The maximum absolute atomic E-state index is 5.67. The van der Waals surface area contributed by atoms with Crippen molar-refractivity contribution in [1.82, 2.24) is 10.3 Å². The predicted octanol–water partition coefficient (Wildman–Crippen LogP) is -0.678. The van der Waals surface area contributed by atoms with Crippen LogP contribution in [0, 0.1) is 0 Å². The fourth-order valence-electron chi connectivity index (χ4n) is 2.82. The summed E-state index contributed by atoms with van der Waals surface area (Å²) in [6, 6.07) is 18.8. The Kier molecular flexibility index (Phi) is 4.12. The van der Waals surface area contributed by atoms with Gasteiger partial charge in [0.15, 0.2) is 18.9 Å². The van der Waals surface area contributed by atoms with E-state index in [0.717, 1.165) is 43.4 Å². The zero-order valence-corrected chi connectivity index (χ0v) is 13.4. The number of anilines is 1. The topological polar surface area (TPSA) is 68.5 Å². The normalized spacial score (nSPS) is 17.3. The Bertz CT molecular complexity index is 810. The zero-order chi connectivity index (χ0) is 16.2. The first-order chi connectivity index (χ1) is 11.9. The van der Waals surface area contributed by atoms with Crippen LogP contribution in [0.15, 0.2) is 59.0 Å². The second-order valence-corrected chi connectivity index (χ2v) is 5.93. The molecule has 0 bridgehead atoms. The number of hydrogen-bond acceptors (Lipinski definition) is 4. The van der Waals surface area contributed by atoms with Crippen LogP contribution in [0.5, 0.6) is 0 Å².